The molecule has 2 rings (SSSR count). The van der Waals surface area contributed by atoms with Crippen LogP contribution < -0.4 is 0 Å². The number of hydrogen-bond donors (Lipinski definition) is 0. The Morgan fingerprint density at radius 3 is 1.78 bits per heavy atom. The van der Waals surface area contributed by atoms with Crippen LogP contribution in [0.1, 0.15) is 84.5 Å². The van der Waals surface area contributed by atoms with Crippen LogP contribution in [0, 0.1) is 0 Å². The Morgan fingerprint density at radius 1 is 0.656 bits per heavy atom. The third-order valence-electron chi connectivity index (χ3n) is 5.34. The van der Waals surface area contributed by atoms with E-state index in [1.165, 1.54) is 44.9 Å². The smallest absolute Gasteiger partial charge is 0.0848 e. The molecule has 0 atom stereocenters. The summed E-state index contributed by atoms with van der Waals surface area (Å²) >= 11 is 0. The molecule has 0 aliphatic heterocycles. The van der Waals surface area contributed by atoms with Gasteiger partial charge in [-0.05, 0) is 56.0 Å². The van der Waals surface area contributed by atoms with Crippen molar-refractivity contribution in [2.24, 2.45) is 9.98 Å². The molecule has 0 spiro atoms. The SMILES string of the molecule is CCCCCCCCC/C=C/C(=Nc1ccccc1)C(CCCC)=Nc1ccccc1.[Pd]. The Labute approximate surface area is 210 Å². The maximum atomic E-state index is 4.98. The number of rotatable bonds is 15. The number of allylic oxidation sites excluding steroid dienone is 2. The van der Waals surface area contributed by atoms with Gasteiger partial charge in [-0.25, -0.2) is 4.99 Å². The summed E-state index contributed by atoms with van der Waals surface area (Å²) in [6.07, 6.45) is 18.2. The predicted octanol–water partition coefficient (Wildman–Crippen LogP) is 9.42. The summed E-state index contributed by atoms with van der Waals surface area (Å²) in [6, 6.07) is 20.5. The zero-order valence-corrected chi connectivity index (χ0v) is 21.5. The minimum absolute atomic E-state index is 0. The van der Waals surface area contributed by atoms with Crippen molar-refractivity contribution in [3.05, 3.63) is 72.8 Å². The maximum Gasteiger partial charge on any atom is 0.0848 e. The molecule has 3 heteroatoms. The second-order valence-corrected chi connectivity index (χ2v) is 8.14. The Balaban J connectivity index is 0.00000512. The summed E-state index contributed by atoms with van der Waals surface area (Å²) in [7, 11) is 0. The Morgan fingerprint density at radius 2 is 1.19 bits per heavy atom. The van der Waals surface area contributed by atoms with Crippen LogP contribution in [-0.4, -0.2) is 11.4 Å². The van der Waals surface area contributed by atoms with E-state index in [0.29, 0.717) is 0 Å². The van der Waals surface area contributed by atoms with Gasteiger partial charge in [-0.2, -0.15) is 0 Å². The van der Waals surface area contributed by atoms with Gasteiger partial charge < -0.3 is 0 Å². The molecule has 0 heterocycles. The first-order chi connectivity index (χ1) is 15.3. The molecule has 0 saturated carbocycles. The molecular weight excluding hydrogens is 483 g/mol. The third-order valence-corrected chi connectivity index (χ3v) is 5.34. The van der Waals surface area contributed by atoms with E-state index in [2.05, 4.69) is 50.3 Å². The summed E-state index contributed by atoms with van der Waals surface area (Å²) in [6.45, 7) is 4.50. The predicted molar refractivity (Wildman–Crippen MR) is 138 cm³/mol. The van der Waals surface area contributed by atoms with E-state index in [1.54, 1.807) is 0 Å². The van der Waals surface area contributed by atoms with Crippen LogP contribution in [0.4, 0.5) is 11.4 Å². The Bertz CT molecular complexity index is 794. The average Bonchev–Trinajstić information content (AvgIpc) is 2.81. The van der Waals surface area contributed by atoms with Crippen molar-refractivity contribution < 1.29 is 20.4 Å². The quantitative estimate of drug-likeness (QED) is 0.126. The molecule has 0 saturated heterocycles. The van der Waals surface area contributed by atoms with E-state index in [-0.39, 0.29) is 20.4 Å². The molecule has 0 amide bonds. The number of para-hydroxylation sites is 2. The molecule has 2 aromatic carbocycles. The van der Waals surface area contributed by atoms with Crippen molar-refractivity contribution in [2.45, 2.75) is 84.5 Å². The van der Waals surface area contributed by atoms with Gasteiger partial charge in [-0.1, -0.05) is 101 Å². The molecule has 0 aliphatic carbocycles. The fourth-order valence-corrected chi connectivity index (χ4v) is 3.50. The zero-order chi connectivity index (χ0) is 22.0. The second kappa shape index (κ2) is 18.7. The standard InChI is InChI=1S/C29H40N2.Pd/c1-3-5-7-8-9-10-11-12-19-25-29(31-27-22-17-14-18-23-27)28(24-6-4-2)30-26-20-15-13-16-21-26;/h13-23,25H,3-12,24H2,1-2H3;/b25-19+,30-28?,31-29?;. The van der Waals surface area contributed by atoms with Gasteiger partial charge in [0.25, 0.3) is 0 Å². The van der Waals surface area contributed by atoms with Crippen LogP contribution in [0.3, 0.4) is 0 Å². The normalized spacial score (nSPS) is 12.2. The monoisotopic (exact) mass is 522 g/mol. The largest absolute Gasteiger partial charge is 0.251 e. The van der Waals surface area contributed by atoms with Crippen LogP contribution in [0.25, 0.3) is 0 Å². The summed E-state index contributed by atoms with van der Waals surface area (Å²) < 4.78 is 0. The Kier molecular flexibility index (Phi) is 16.5. The number of hydrogen-bond acceptors (Lipinski definition) is 2. The molecule has 0 N–H and O–H groups in total. The molecular formula is C29H40N2Pd. The fourth-order valence-electron chi connectivity index (χ4n) is 3.50. The topological polar surface area (TPSA) is 24.7 Å². The third kappa shape index (κ3) is 12.3. The molecule has 0 aliphatic rings. The van der Waals surface area contributed by atoms with Crippen LogP contribution in [0.5, 0.6) is 0 Å². The van der Waals surface area contributed by atoms with E-state index in [9.17, 15) is 0 Å². The molecule has 0 unspecified atom stereocenters. The summed E-state index contributed by atoms with van der Waals surface area (Å²) in [5.41, 5.74) is 4.05. The van der Waals surface area contributed by atoms with Crippen LogP contribution >= 0.6 is 0 Å². The first-order valence-electron chi connectivity index (χ1n) is 12.3. The van der Waals surface area contributed by atoms with Gasteiger partial charge in [0.15, 0.2) is 0 Å². The fraction of sp³-hybridized carbons (Fsp3) is 0.448. The molecule has 0 radical (unpaired) electrons. The van der Waals surface area contributed by atoms with Crippen LogP contribution in [0.15, 0.2) is 82.8 Å². The number of benzene rings is 2. The molecule has 2 nitrogen and oxygen atoms in total. The number of unbranched alkanes of at least 4 members (excludes halogenated alkanes) is 8. The van der Waals surface area contributed by atoms with Gasteiger partial charge in [0, 0.05) is 20.4 Å². The first kappa shape index (κ1) is 28.2. The van der Waals surface area contributed by atoms with Crippen LogP contribution in [-0.2, 0) is 20.4 Å². The van der Waals surface area contributed by atoms with Gasteiger partial charge in [0.05, 0.1) is 22.8 Å². The molecule has 176 valence electrons. The maximum absolute atomic E-state index is 4.98. The van der Waals surface area contributed by atoms with E-state index >= 15 is 0 Å². The van der Waals surface area contributed by atoms with Crippen molar-refractivity contribution >= 4 is 22.8 Å². The Hall–Kier alpha value is -1.82. The zero-order valence-electron chi connectivity index (χ0n) is 19.9. The number of aliphatic imine (C=N–C) groups is 2. The minimum atomic E-state index is 0. The molecule has 0 bridgehead atoms. The van der Waals surface area contributed by atoms with Crippen molar-refractivity contribution in [3.8, 4) is 0 Å². The molecule has 2 aromatic rings. The van der Waals surface area contributed by atoms with Crippen molar-refractivity contribution in [1.29, 1.82) is 0 Å². The van der Waals surface area contributed by atoms with Gasteiger partial charge in [-0.15, -0.1) is 0 Å². The van der Waals surface area contributed by atoms with Gasteiger partial charge >= 0.3 is 0 Å². The molecule has 0 fully saturated rings. The summed E-state index contributed by atoms with van der Waals surface area (Å²) in [4.78, 5) is 9.96. The van der Waals surface area contributed by atoms with Crippen molar-refractivity contribution in [2.75, 3.05) is 0 Å². The van der Waals surface area contributed by atoms with Crippen LogP contribution in [0.2, 0.25) is 0 Å². The summed E-state index contributed by atoms with van der Waals surface area (Å²) in [5.74, 6) is 0. The van der Waals surface area contributed by atoms with E-state index in [1.807, 2.05) is 36.4 Å². The first-order valence-corrected chi connectivity index (χ1v) is 12.3. The summed E-state index contributed by atoms with van der Waals surface area (Å²) in [5, 5.41) is 0. The average molecular weight is 523 g/mol. The van der Waals surface area contributed by atoms with E-state index in [4.69, 9.17) is 9.98 Å². The van der Waals surface area contributed by atoms with Gasteiger partial charge in [0.1, 0.15) is 0 Å². The van der Waals surface area contributed by atoms with Crippen molar-refractivity contribution in [3.63, 3.8) is 0 Å². The molecule has 0 aromatic heterocycles. The van der Waals surface area contributed by atoms with E-state index < -0.39 is 0 Å². The second-order valence-electron chi connectivity index (χ2n) is 8.14. The van der Waals surface area contributed by atoms with E-state index in [0.717, 1.165) is 48.5 Å². The molecule has 32 heavy (non-hydrogen) atoms. The minimum Gasteiger partial charge on any atom is -0.251 e. The van der Waals surface area contributed by atoms with Gasteiger partial charge in [0.2, 0.25) is 0 Å². The van der Waals surface area contributed by atoms with Crippen molar-refractivity contribution in [1.82, 2.24) is 0 Å². The van der Waals surface area contributed by atoms with Gasteiger partial charge in [-0.3, -0.25) is 4.99 Å². The number of nitrogens with zero attached hydrogens (tertiary/aromatic N) is 2.